The van der Waals surface area contributed by atoms with E-state index in [1.807, 2.05) is 6.26 Å². The fourth-order valence-electron chi connectivity index (χ4n) is 1.90. The number of nitrogens with one attached hydrogen (secondary N) is 1. The number of aliphatic hydroxyl groups is 1. The summed E-state index contributed by atoms with van der Waals surface area (Å²) in [6, 6.07) is 9.16. The van der Waals surface area contributed by atoms with Gasteiger partial charge >= 0.3 is 0 Å². The van der Waals surface area contributed by atoms with Crippen molar-refractivity contribution in [3.63, 3.8) is 0 Å². The Morgan fingerprint density at radius 1 is 1.17 bits per heavy atom. The lowest BCUT2D eigenvalue weighted by Gasteiger charge is -2.13. The molecule has 4 nitrogen and oxygen atoms in total. The molecular weight excluding hydrogens is 344 g/mol. The molecule has 0 fully saturated rings. The highest BCUT2D eigenvalue weighted by Gasteiger charge is 2.21. The predicted octanol–water partition coefficient (Wildman–Crippen LogP) is 2.70. The highest BCUT2D eigenvalue weighted by Crippen LogP contribution is 2.20. The molecule has 0 aromatic heterocycles. The summed E-state index contributed by atoms with van der Waals surface area (Å²) in [5, 5.41) is 10.0. The molecule has 124 valence electrons. The maximum atomic E-state index is 13.6. The largest absolute Gasteiger partial charge is 0.387 e. The highest BCUT2D eigenvalue weighted by molar-refractivity contribution is 7.98. The third kappa shape index (κ3) is 4.51. The third-order valence-electron chi connectivity index (χ3n) is 3.15. The van der Waals surface area contributed by atoms with Gasteiger partial charge in [0.2, 0.25) is 10.0 Å². The topological polar surface area (TPSA) is 66.4 Å². The first kappa shape index (κ1) is 17.9. The van der Waals surface area contributed by atoms with Crippen molar-refractivity contribution in [3.05, 3.63) is 59.7 Å². The van der Waals surface area contributed by atoms with Gasteiger partial charge in [-0.25, -0.2) is 21.9 Å². The van der Waals surface area contributed by atoms with Crippen LogP contribution < -0.4 is 4.72 Å². The number of thioether (sulfide) groups is 1. The number of benzene rings is 2. The number of aliphatic hydroxyl groups excluding tert-OH is 1. The molecule has 8 heteroatoms. The smallest absolute Gasteiger partial charge is 0.243 e. The average Bonchev–Trinajstić information content (AvgIpc) is 2.52. The van der Waals surface area contributed by atoms with E-state index in [1.54, 1.807) is 36.0 Å². The lowest BCUT2D eigenvalue weighted by Crippen LogP contribution is -2.29. The molecule has 23 heavy (non-hydrogen) atoms. The molecule has 1 atom stereocenters. The average molecular weight is 359 g/mol. The van der Waals surface area contributed by atoms with Crippen molar-refractivity contribution in [1.29, 1.82) is 0 Å². The monoisotopic (exact) mass is 359 g/mol. The van der Waals surface area contributed by atoms with Gasteiger partial charge in [-0.2, -0.15) is 0 Å². The second kappa shape index (κ2) is 7.39. The minimum atomic E-state index is -4.18. The van der Waals surface area contributed by atoms with Crippen LogP contribution in [-0.2, 0) is 10.0 Å². The minimum absolute atomic E-state index is 0.322. The normalized spacial score (nSPS) is 13.0. The van der Waals surface area contributed by atoms with Gasteiger partial charge in [-0.1, -0.05) is 12.1 Å². The molecule has 1 unspecified atom stereocenters. The number of hydrogen-bond donors (Lipinski definition) is 2. The first-order chi connectivity index (χ1) is 10.8. The van der Waals surface area contributed by atoms with E-state index in [9.17, 15) is 22.3 Å². The Morgan fingerprint density at radius 2 is 1.83 bits per heavy atom. The van der Waals surface area contributed by atoms with Crippen LogP contribution in [0.1, 0.15) is 11.7 Å². The molecule has 0 saturated heterocycles. The van der Waals surface area contributed by atoms with Gasteiger partial charge in [0, 0.05) is 17.5 Å². The Labute approximate surface area is 137 Å². The third-order valence-corrected chi connectivity index (χ3v) is 5.35. The molecular formula is C15H15F2NO3S2. The second-order valence-electron chi connectivity index (χ2n) is 4.72. The summed E-state index contributed by atoms with van der Waals surface area (Å²) in [6.45, 7) is -0.322. The van der Waals surface area contributed by atoms with E-state index >= 15 is 0 Å². The number of halogens is 2. The van der Waals surface area contributed by atoms with Crippen molar-refractivity contribution >= 4 is 21.8 Å². The fourth-order valence-corrected chi connectivity index (χ4v) is 3.41. The van der Waals surface area contributed by atoms with Gasteiger partial charge in [0.1, 0.15) is 16.5 Å². The van der Waals surface area contributed by atoms with E-state index in [1.165, 1.54) is 0 Å². The molecule has 0 heterocycles. The van der Waals surface area contributed by atoms with Crippen molar-refractivity contribution in [3.8, 4) is 0 Å². The van der Waals surface area contributed by atoms with Crippen LogP contribution in [-0.4, -0.2) is 26.3 Å². The standard InChI is InChI=1S/C15H15F2NO3S2/c1-22-12-5-2-10(3-6-12)14(19)9-18-23(20,21)15-7-4-11(16)8-13(15)17/h2-8,14,18-19H,9H2,1H3. The summed E-state index contributed by atoms with van der Waals surface area (Å²) in [4.78, 5) is 0.346. The molecule has 0 radical (unpaired) electrons. The van der Waals surface area contributed by atoms with Crippen LogP contribution in [0.5, 0.6) is 0 Å². The zero-order chi connectivity index (χ0) is 17.0. The molecule has 0 aliphatic rings. The van der Waals surface area contributed by atoms with Crippen LogP contribution in [0.4, 0.5) is 8.78 Å². The Balaban J connectivity index is 2.08. The molecule has 0 amide bonds. The van der Waals surface area contributed by atoms with Gasteiger partial charge in [-0.05, 0) is 36.1 Å². The molecule has 0 spiro atoms. The molecule has 0 bridgehead atoms. The first-order valence-electron chi connectivity index (χ1n) is 6.60. The number of hydrogen-bond acceptors (Lipinski definition) is 4. The lowest BCUT2D eigenvalue weighted by molar-refractivity contribution is 0.182. The maximum absolute atomic E-state index is 13.6. The summed E-state index contributed by atoms with van der Waals surface area (Å²) >= 11 is 1.54. The van der Waals surface area contributed by atoms with E-state index in [-0.39, 0.29) is 6.54 Å². The zero-order valence-corrected chi connectivity index (χ0v) is 13.8. The number of rotatable bonds is 6. The molecule has 0 aliphatic carbocycles. The van der Waals surface area contributed by atoms with E-state index in [4.69, 9.17) is 0 Å². The lowest BCUT2D eigenvalue weighted by atomic mass is 10.1. The molecule has 2 rings (SSSR count). The fraction of sp³-hybridized carbons (Fsp3) is 0.200. The molecule has 0 aliphatic heterocycles. The summed E-state index contributed by atoms with van der Waals surface area (Å²) in [5.74, 6) is -2.05. The van der Waals surface area contributed by atoms with E-state index in [2.05, 4.69) is 4.72 Å². The van der Waals surface area contributed by atoms with Crippen LogP contribution in [0, 0.1) is 11.6 Å². The van der Waals surface area contributed by atoms with E-state index in [0.29, 0.717) is 11.6 Å². The summed E-state index contributed by atoms with van der Waals surface area (Å²) < 4.78 is 52.5. The molecule has 2 aromatic carbocycles. The Hall–Kier alpha value is -1.48. The van der Waals surface area contributed by atoms with E-state index < -0.39 is 32.7 Å². The van der Waals surface area contributed by atoms with Crippen molar-refractivity contribution in [2.45, 2.75) is 15.9 Å². The van der Waals surface area contributed by atoms with Gasteiger partial charge in [-0.15, -0.1) is 11.8 Å². The first-order valence-corrected chi connectivity index (χ1v) is 9.31. The summed E-state index contributed by atoms with van der Waals surface area (Å²) in [5.41, 5.74) is 0.532. The van der Waals surface area contributed by atoms with Crippen LogP contribution in [0.3, 0.4) is 0 Å². The Bertz CT molecular complexity index is 780. The predicted molar refractivity (Wildman–Crippen MR) is 84.7 cm³/mol. The zero-order valence-electron chi connectivity index (χ0n) is 12.2. The second-order valence-corrected chi connectivity index (χ2v) is 7.33. The van der Waals surface area contributed by atoms with Crippen LogP contribution in [0.2, 0.25) is 0 Å². The SMILES string of the molecule is CSc1ccc(C(O)CNS(=O)(=O)c2ccc(F)cc2F)cc1. The quantitative estimate of drug-likeness (QED) is 0.779. The van der Waals surface area contributed by atoms with Crippen molar-refractivity contribution in [2.24, 2.45) is 0 Å². The highest BCUT2D eigenvalue weighted by atomic mass is 32.2. The van der Waals surface area contributed by atoms with Gasteiger partial charge in [0.15, 0.2) is 0 Å². The van der Waals surface area contributed by atoms with Gasteiger partial charge in [-0.3, -0.25) is 0 Å². The minimum Gasteiger partial charge on any atom is -0.387 e. The molecule has 2 aromatic rings. The molecule has 2 N–H and O–H groups in total. The van der Waals surface area contributed by atoms with Crippen molar-refractivity contribution in [1.82, 2.24) is 4.72 Å². The number of sulfonamides is 1. The Morgan fingerprint density at radius 3 is 2.39 bits per heavy atom. The van der Waals surface area contributed by atoms with Crippen LogP contribution >= 0.6 is 11.8 Å². The van der Waals surface area contributed by atoms with Gasteiger partial charge < -0.3 is 5.11 Å². The van der Waals surface area contributed by atoms with Crippen molar-refractivity contribution in [2.75, 3.05) is 12.8 Å². The maximum Gasteiger partial charge on any atom is 0.243 e. The van der Waals surface area contributed by atoms with Crippen LogP contribution in [0.25, 0.3) is 0 Å². The van der Waals surface area contributed by atoms with Gasteiger partial charge in [0.05, 0.1) is 6.10 Å². The summed E-state index contributed by atoms with van der Waals surface area (Å²) in [6.07, 6.45) is 0.834. The van der Waals surface area contributed by atoms with Crippen molar-refractivity contribution < 1.29 is 22.3 Å². The van der Waals surface area contributed by atoms with Gasteiger partial charge in [0.25, 0.3) is 0 Å². The van der Waals surface area contributed by atoms with E-state index in [0.717, 1.165) is 17.0 Å². The molecule has 0 saturated carbocycles. The van der Waals surface area contributed by atoms with Crippen LogP contribution in [0.15, 0.2) is 52.3 Å². The Kier molecular flexibility index (Phi) is 5.74. The summed E-state index contributed by atoms with van der Waals surface area (Å²) in [7, 11) is -4.18.